The molecule has 0 fully saturated rings. The first-order valence-electron chi connectivity index (χ1n) is 8.28. The summed E-state index contributed by atoms with van der Waals surface area (Å²) in [7, 11) is 0.758. The van der Waals surface area contributed by atoms with E-state index in [1.165, 1.54) is 4.90 Å². The quantitative estimate of drug-likeness (QED) is 0.423. The Morgan fingerprint density at radius 3 is 2.36 bits per heavy atom. The smallest absolute Gasteiger partial charge is 0.191 e. The molecule has 2 N–H and O–H groups in total. The Kier molecular flexibility index (Phi) is 8.55. The molecular weight excluding hydrogens is 350 g/mol. The van der Waals surface area contributed by atoms with E-state index >= 15 is 0 Å². The van der Waals surface area contributed by atoms with Gasteiger partial charge in [0.15, 0.2) is 5.96 Å². The first-order chi connectivity index (χ1) is 12.2. The van der Waals surface area contributed by atoms with Crippen LogP contribution in [0.5, 0.6) is 0 Å². The fourth-order valence-electron chi connectivity index (χ4n) is 2.19. The summed E-state index contributed by atoms with van der Waals surface area (Å²) in [6, 6.07) is 19.9. The van der Waals surface area contributed by atoms with Crippen LogP contribution in [-0.4, -0.2) is 41.3 Å². The summed E-state index contributed by atoms with van der Waals surface area (Å²) >= 11 is 1.83. The van der Waals surface area contributed by atoms with E-state index < -0.39 is 10.8 Å². The molecule has 2 aromatic rings. The number of guanidine groups is 1. The number of rotatable bonds is 8. The van der Waals surface area contributed by atoms with E-state index in [9.17, 15) is 4.21 Å². The van der Waals surface area contributed by atoms with Crippen LogP contribution in [0.25, 0.3) is 0 Å². The Bertz CT molecular complexity index is 678. The van der Waals surface area contributed by atoms with Crippen LogP contribution in [0.2, 0.25) is 0 Å². The Balaban J connectivity index is 1.69. The van der Waals surface area contributed by atoms with Gasteiger partial charge in [-0.1, -0.05) is 43.3 Å². The maximum absolute atomic E-state index is 12.2. The molecule has 0 aliphatic carbocycles. The molecule has 2 unspecified atom stereocenters. The van der Waals surface area contributed by atoms with Crippen molar-refractivity contribution in [2.24, 2.45) is 4.99 Å². The minimum atomic E-state index is -0.990. The first-order valence-corrected chi connectivity index (χ1v) is 10.5. The number of benzene rings is 2. The Labute approximate surface area is 157 Å². The third-order valence-corrected chi connectivity index (χ3v) is 5.93. The number of hydrogen-bond acceptors (Lipinski definition) is 3. The van der Waals surface area contributed by atoms with Gasteiger partial charge in [-0.15, -0.1) is 11.8 Å². The summed E-state index contributed by atoms with van der Waals surface area (Å²) in [5, 5.41) is 6.96. The zero-order chi connectivity index (χ0) is 17.9. The van der Waals surface area contributed by atoms with Gasteiger partial charge in [0.1, 0.15) is 0 Å². The van der Waals surface area contributed by atoms with Crippen LogP contribution in [0, 0.1) is 0 Å². The number of nitrogens with zero attached hydrogens (tertiary/aromatic N) is 1. The normalized spacial score (nSPS) is 13.9. The molecule has 0 bridgehead atoms. The summed E-state index contributed by atoms with van der Waals surface area (Å²) in [5.74, 6) is 1.30. The number of thioether (sulfide) groups is 1. The molecule has 2 atom stereocenters. The molecule has 2 rings (SSSR count). The van der Waals surface area contributed by atoms with E-state index in [0.29, 0.717) is 17.5 Å². The van der Waals surface area contributed by atoms with Crippen molar-refractivity contribution in [3.63, 3.8) is 0 Å². The SMILES string of the molecule is CN=C(NCCS(=O)c1ccccc1)NCC(C)Sc1ccccc1. The van der Waals surface area contributed by atoms with Crippen LogP contribution in [0.4, 0.5) is 0 Å². The highest BCUT2D eigenvalue weighted by atomic mass is 32.2. The van der Waals surface area contributed by atoms with Gasteiger partial charge in [0, 0.05) is 40.9 Å². The zero-order valence-corrected chi connectivity index (χ0v) is 16.3. The average Bonchev–Trinajstić information content (AvgIpc) is 2.66. The molecule has 0 heterocycles. The van der Waals surface area contributed by atoms with E-state index in [1.807, 2.05) is 48.2 Å². The lowest BCUT2D eigenvalue weighted by atomic mass is 10.4. The second kappa shape index (κ2) is 10.9. The fourth-order valence-corrected chi connectivity index (χ4v) is 4.12. The predicted octanol–water partition coefficient (Wildman–Crippen LogP) is 3.14. The van der Waals surface area contributed by atoms with Crippen molar-refractivity contribution in [3.8, 4) is 0 Å². The third-order valence-electron chi connectivity index (χ3n) is 3.45. The molecule has 0 radical (unpaired) electrons. The molecule has 0 spiro atoms. The molecule has 0 saturated heterocycles. The van der Waals surface area contributed by atoms with Gasteiger partial charge in [-0.2, -0.15) is 0 Å². The molecule has 2 aromatic carbocycles. The lowest BCUT2D eigenvalue weighted by Crippen LogP contribution is -2.41. The van der Waals surface area contributed by atoms with Crippen molar-refractivity contribution in [3.05, 3.63) is 60.7 Å². The van der Waals surface area contributed by atoms with Gasteiger partial charge < -0.3 is 10.6 Å². The Hall–Kier alpha value is -1.79. The van der Waals surface area contributed by atoms with E-state index in [-0.39, 0.29) is 0 Å². The summed E-state index contributed by atoms with van der Waals surface area (Å²) in [4.78, 5) is 6.35. The summed E-state index contributed by atoms with van der Waals surface area (Å²) in [6.45, 7) is 3.60. The van der Waals surface area contributed by atoms with Crippen LogP contribution in [0.15, 0.2) is 75.4 Å². The van der Waals surface area contributed by atoms with Crippen molar-refractivity contribution in [2.75, 3.05) is 25.9 Å². The van der Waals surface area contributed by atoms with Crippen LogP contribution in [-0.2, 0) is 10.8 Å². The lowest BCUT2D eigenvalue weighted by Gasteiger charge is -2.16. The van der Waals surface area contributed by atoms with Crippen molar-refractivity contribution in [1.29, 1.82) is 0 Å². The van der Waals surface area contributed by atoms with Gasteiger partial charge in [0.05, 0.1) is 10.8 Å². The van der Waals surface area contributed by atoms with Crippen molar-refractivity contribution in [1.82, 2.24) is 10.6 Å². The first kappa shape index (κ1) is 19.5. The van der Waals surface area contributed by atoms with Gasteiger partial charge in [-0.3, -0.25) is 9.20 Å². The van der Waals surface area contributed by atoms with Gasteiger partial charge in [-0.05, 0) is 24.3 Å². The largest absolute Gasteiger partial charge is 0.355 e. The van der Waals surface area contributed by atoms with Gasteiger partial charge >= 0.3 is 0 Å². The fraction of sp³-hybridized carbons (Fsp3) is 0.316. The average molecular weight is 376 g/mol. The number of nitrogens with one attached hydrogen (secondary N) is 2. The molecule has 134 valence electrons. The van der Waals surface area contributed by atoms with Crippen molar-refractivity contribution < 1.29 is 4.21 Å². The maximum atomic E-state index is 12.2. The molecule has 25 heavy (non-hydrogen) atoms. The van der Waals surface area contributed by atoms with Crippen LogP contribution in [0.1, 0.15) is 6.92 Å². The van der Waals surface area contributed by atoms with E-state index in [1.54, 1.807) is 7.05 Å². The maximum Gasteiger partial charge on any atom is 0.191 e. The number of aliphatic imine (C=N–C) groups is 1. The Morgan fingerprint density at radius 2 is 1.72 bits per heavy atom. The summed E-state index contributed by atoms with van der Waals surface area (Å²) in [5.41, 5.74) is 0. The molecule has 0 saturated carbocycles. The minimum Gasteiger partial charge on any atom is -0.355 e. The van der Waals surface area contributed by atoms with Gasteiger partial charge in [0.25, 0.3) is 0 Å². The predicted molar refractivity (Wildman–Crippen MR) is 109 cm³/mol. The standard InChI is InChI=1S/C19H25N3OS2/c1-16(24-17-9-5-3-6-10-17)15-22-19(20-2)21-13-14-25(23)18-11-7-4-8-12-18/h3-12,16H,13-15H2,1-2H3,(H2,20,21,22). The van der Waals surface area contributed by atoms with Crippen molar-refractivity contribution in [2.45, 2.75) is 22.0 Å². The molecule has 0 amide bonds. The third kappa shape index (κ3) is 7.32. The van der Waals surface area contributed by atoms with Gasteiger partial charge in [-0.25, -0.2) is 0 Å². The topological polar surface area (TPSA) is 53.5 Å². The molecule has 4 nitrogen and oxygen atoms in total. The molecular formula is C19H25N3OS2. The zero-order valence-electron chi connectivity index (χ0n) is 14.6. The van der Waals surface area contributed by atoms with E-state index in [4.69, 9.17) is 0 Å². The van der Waals surface area contributed by atoms with Crippen LogP contribution >= 0.6 is 11.8 Å². The molecule has 0 aliphatic rings. The minimum absolute atomic E-state index is 0.416. The van der Waals surface area contributed by atoms with Crippen LogP contribution in [0.3, 0.4) is 0 Å². The van der Waals surface area contributed by atoms with Gasteiger partial charge in [0.2, 0.25) is 0 Å². The summed E-state index contributed by atoms with van der Waals surface area (Å²) in [6.07, 6.45) is 0. The highest BCUT2D eigenvalue weighted by Crippen LogP contribution is 2.21. The van der Waals surface area contributed by atoms with E-state index in [2.05, 4.69) is 46.8 Å². The molecule has 0 aromatic heterocycles. The van der Waals surface area contributed by atoms with Crippen LogP contribution < -0.4 is 10.6 Å². The second-order valence-corrected chi connectivity index (χ2v) is 8.57. The number of hydrogen-bond donors (Lipinski definition) is 2. The van der Waals surface area contributed by atoms with E-state index in [0.717, 1.165) is 17.4 Å². The molecule has 6 heteroatoms. The van der Waals surface area contributed by atoms with Crippen molar-refractivity contribution >= 4 is 28.5 Å². The Morgan fingerprint density at radius 1 is 1.08 bits per heavy atom. The molecule has 0 aliphatic heterocycles. The summed E-state index contributed by atoms with van der Waals surface area (Å²) < 4.78 is 12.2. The monoisotopic (exact) mass is 375 g/mol. The second-order valence-electron chi connectivity index (χ2n) is 5.48. The highest BCUT2D eigenvalue weighted by Gasteiger charge is 2.07. The lowest BCUT2D eigenvalue weighted by molar-refractivity contribution is 0.681. The highest BCUT2D eigenvalue weighted by molar-refractivity contribution is 8.00.